The Bertz CT molecular complexity index is 518. The third-order valence-corrected chi connectivity index (χ3v) is 3.14. The number of alkyl carbamates (subject to hydrolysis) is 1. The van der Waals surface area contributed by atoms with Crippen LogP contribution in [-0.2, 0) is 20.9 Å². The average molecular weight is 373 g/mol. The molecule has 0 saturated heterocycles. The van der Waals surface area contributed by atoms with Gasteiger partial charge < -0.3 is 20.5 Å². The third-order valence-electron chi connectivity index (χ3n) is 3.14. The van der Waals surface area contributed by atoms with Crippen LogP contribution in [0.4, 0.5) is 4.79 Å². The quantitative estimate of drug-likeness (QED) is 0.540. The molecule has 7 heteroatoms. The van der Waals surface area contributed by atoms with Crippen LogP contribution >= 0.6 is 12.4 Å². The summed E-state index contributed by atoms with van der Waals surface area (Å²) in [5.74, 6) is -0.404. The summed E-state index contributed by atoms with van der Waals surface area (Å²) in [6.07, 6.45) is 1.52. The van der Waals surface area contributed by atoms with Crippen molar-refractivity contribution in [3.05, 3.63) is 35.9 Å². The van der Waals surface area contributed by atoms with E-state index in [0.717, 1.165) is 18.4 Å². The number of ether oxygens (including phenoxy) is 2. The zero-order valence-corrected chi connectivity index (χ0v) is 15.9. The van der Waals surface area contributed by atoms with Gasteiger partial charge in [-0.05, 0) is 45.6 Å². The Balaban J connectivity index is 0.00000576. The number of hydrogen-bond donors (Lipinski definition) is 2. The van der Waals surface area contributed by atoms with E-state index in [9.17, 15) is 9.59 Å². The van der Waals surface area contributed by atoms with E-state index in [1.54, 1.807) is 0 Å². The number of benzene rings is 1. The normalized spacial score (nSPS) is 11.8. The predicted octanol–water partition coefficient (Wildman–Crippen LogP) is 3.17. The summed E-state index contributed by atoms with van der Waals surface area (Å²) < 4.78 is 10.3. The van der Waals surface area contributed by atoms with E-state index in [2.05, 4.69) is 5.32 Å². The molecule has 0 bridgehead atoms. The van der Waals surface area contributed by atoms with Crippen LogP contribution in [0.25, 0.3) is 0 Å². The zero-order valence-electron chi connectivity index (χ0n) is 15.1. The van der Waals surface area contributed by atoms with Crippen molar-refractivity contribution in [2.24, 2.45) is 5.73 Å². The lowest BCUT2D eigenvalue weighted by Gasteiger charge is -2.19. The van der Waals surface area contributed by atoms with Gasteiger partial charge in [0.15, 0.2) is 0 Å². The van der Waals surface area contributed by atoms with Gasteiger partial charge in [-0.2, -0.15) is 0 Å². The molecule has 0 spiro atoms. The molecule has 0 radical (unpaired) electrons. The second-order valence-electron chi connectivity index (χ2n) is 6.62. The highest BCUT2D eigenvalue weighted by Gasteiger charge is 2.16. The minimum absolute atomic E-state index is 0. The molecule has 0 aliphatic heterocycles. The van der Waals surface area contributed by atoms with Crippen LogP contribution < -0.4 is 11.1 Å². The first-order chi connectivity index (χ1) is 11.3. The van der Waals surface area contributed by atoms with Gasteiger partial charge >= 0.3 is 12.1 Å². The first-order valence-corrected chi connectivity index (χ1v) is 8.21. The molecule has 1 rings (SSSR count). The fourth-order valence-electron chi connectivity index (χ4n) is 1.95. The largest absolute Gasteiger partial charge is 0.460 e. The summed E-state index contributed by atoms with van der Waals surface area (Å²) in [5, 5.41) is 2.67. The minimum atomic E-state index is -0.643. The first-order valence-electron chi connectivity index (χ1n) is 8.21. The molecule has 25 heavy (non-hydrogen) atoms. The molecule has 3 N–H and O–H groups in total. The lowest BCUT2D eigenvalue weighted by atomic mass is 10.1. The van der Waals surface area contributed by atoms with Crippen LogP contribution in [0.15, 0.2) is 30.3 Å². The Morgan fingerprint density at radius 2 is 1.80 bits per heavy atom. The Labute approximate surface area is 155 Å². The maximum absolute atomic E-state index is 11.8. The van der Waals surface area contributed by atoms with Gasteiger partial charge in [0.2, 0.25) is 0 Å². The van der Waals surface area contributed by atoms with Crippen molar-refractivity contribution in [3.63, 3.8) is 0 Å². The number of rotatable bonds is 8. The Morgan fingerprint density at radius 1 is 1.16 bits per heavy atom. The average Bonchev–Trinajstić information content (AvgIpc) is 2.51. The second-order valence-corrected chi connectivity index (χ2v) is 6.62. The fourth-order valence-corrected chi connectivity index (χ4v) is 1.95. The first kappa shape index (κ1) is 23.2. The summed E-state index contributed by atoms with van der Waals surface area (Å²) in [7, 11) is 0. The highest BCUT2D eigenvalue weighted by molar-refractivity contribution is 5.85. The van der Waals surface area contributed by atoms with Crippen LogP contribution in [0.3, 0.4) is 0 Å². The Kier molecular flexibility index (Phi) is 10.9. The molecule has 1 amide bonds. The predicted molar refractivity (Wildman–Crippen MR) is 99.5 cm³/mol. The molecule has 0 aliphatic rings. The van der Waals surface area contributed by atoms with Gasteiger partial charge in [-0.3, -0.25) is 4.79 Å². The van der Waals surface area contributed by atoms with Crippen LogP contribution in [0, 0.1) is 0 Å². The van der Waals surface area contributed by atoms with Crippen molar-refractivity contribution in [1.82, 2.24) is 5.32 Å². The number of amides is 1. The molecule has 1 atom stereocenters. The van der Waals surface area contributed by atoms with Crippen molar-refractivity contribution in [1.29, 1.82) is 0 Å². The van der Waals surface area contributed by atoms with E-state index in [1.165, 1.54) is 0 Å². The van der Waals surface area contributed by atoms with Gasteiger partial charge in [0.1, 0.15) is 18.2 Å². The Morgan fingerprint density at radius 3 is 2.40 bits per heavy atom. The monoisotopic (exact) mass is 372 g/mol. The van der Waals surface area contributed by atoms with E-state index in [4.69, 9.17) is 15.2 Å². The van der Waals surface area contributed by atoms with Crippen molar-refractivity contribution < 1.29 is 19.1 Å². The van der Waals surface area contributed by atoms with Gasteiger partial charge in [-0.1, -0.05) is 30.3 Å². The summed E-state index contributed by atoms with van der Waals surface area (Å²) in [6, 6.07) is 8.82. The van der Waals surface area contributed by atoms with Crippen LogP contribution in [0.2, 0.25) is 0 Å². The van der Waals surface area contributed by atoms with E-state index in [-0.39, 0.29) is 19.0 Å². The van der Waals surface area contributed by atoms with Crippen molar-refractivity contribution in [2.75, 3.05) is 6.54 Å². The lowest BCUT2D eigenvalue weighted by Crippen LogP contribution is -2.34. The van der Waals surface area contributed by atoms with Gasteiger partial charge in [-0.25, -0.2) is 4.79 Å². The molecule has 1 aromatic carbocycles. The number of carbonyl (C=O) groups is 2. The van der Waals surface area contributed by atoms with Crippen molar-refractivity contribution in [3.8, 4) is 0 Å². The molecule has 142 valence electrons. The lowest BCUT2D eigenvalue weighted by molar-refractivity contribution is -0.146. The molecule has 0 unspecified atom stereocenters. The van der Waals surface area contributed by atoms with E-state index in [0.29, 0.717) is 13.0 Å². The van der Waals surface area contributed by atoms with E-state index >= 15 is 0 Å². The fraction of sp³-hybridized carbons (Fsp3) is 0.556. The molecular formula is C18H29ClN2O4. The highest BCUT2D eigenvalue weighted by Crippen LogP contribution is 2.07. The van der Waals surface area contributed by atoms with Gasteiger partial charge in [0, 0.05) is 6.54 Å². The van der Waals surface area contributed by atoms with Crippen molar-refractivity contribution in [2.45, 2.75) is 58.3 Å². The third kappa shape index (κ3) is 11.4. The molecule has 0 saturated carbocycles. The number of nitrogens with one attached hydrogen (secondary N) is 1. The maximum atomic E-state index is 11.8. The van der Waals surface area contributed by atoms with E-state index in [1.807, 2.05) is 51.1 Å². The summed E-state index contributed by atoms with van der Waals surface area (Å²) in [4.78, 5) is 23.3. The van der Waals surface area contributed by atoms with Gasteiger partial charge in [-0.15, -0.1) is 12.4 Å². The summed E-state index contributed by atoms with van der Waals surface area (Å²) in [6.45, 7) is 6.15. The van der Waals surface area contributed by atoms with Crippen LogP contribution in [0.1, 0.15) is 45.6 Å². The zero-order chi connectivity index (χ0) is 18.0. The molecule has 0 heterocycles. The number of hydrogen-bond acceptors (Lipinski definition) is 5. The Hall–Kier alpha value is -1.79. The number of nitrogens with two attached hydrogens (primary N) is 1. The minimum Gasteiger partial charge on any atom is -0.460 e. The van der Waals surface area contributed by atoms with Crippen LogP contribution in [-0.4, -0.2) is 30.3 Å². The standard InChI is InChI=1S/C18H28N2O4.ClH/c1-18(2,3)24-17(22)20-12-8-7-11-15(19)16(21)23-13-14-9-5-4-6-10-14;/h4-6,9-10,15H,7-8,11-13,19H2,1-3H3,(H,20,22);1H/t15-;/m1./s1. The number of unbranched alkanes of at least 4 members (excludes halogenated alkanes) is 1. The molecule has 1 aromatic rings. The van der Waals surface area contributed by atoms with Gasteiger partial charge in [0.25, 0.3) is 0 Å². The number of esters is 1. The van der Waals surface area contributed by atoms with Crippen LogP contribution in [0.5, 0.6) is 0 Å². The number of halogens is 1. The molecule has 6 nitrogen and oxygen atoms in total. The van der Waals surface area contributed by atoms with Crippen molar-refractivity contribution >= 4 is 24.5 Å². The molecule has 0 aromatic heterocycles. The summed E-state index contributed by atoms with van der Waals surface area (Å²) in [5.41, 5.74) is 6.25. The highest BCUT2D eigenvalue weighted by atomic mass is 35.5. The smallest absolute Gasteiger partial charge is 0.407 e. The SMILES string of the molecule is CC(C)(C)OC(=O)NCCCC[C@@H](N)C(=O)OCc1ccccc1.Cl. The molecule has 0 fully saturated rings. The summed E-state index contributed by atoms with van der Waals surface area (Å²) >= 11 is 0. The number of carbonyl (C=O) groups excluding carboxylic acids is 2. The topological polar surface area (TPSA) is 90.6 Å². The second kappa shape index (κ2) is 11.7. The van der Waals surface area contributed by atoms with E-state index < -0.39 is 23.7 Å². The maximum Gasteiger partial charge on any atom is 0.407 e. The molecular weight excluding hydrogens is 344 g/mol. The molecule has 0 aliphatic carbocycles. The van der Waals surface area contributed by atoms with Gasteiger partial charge in [0.05, 0.1) is 0 Å².